The molecule has 1 heterocycles. The minimum atomic E-state index is -0.345. The van der Waals surface area contributed by atoms with E-state index in [0.29, 0.717) is 38.8 Å². The van der Waals surface area contributed by atoms with Crippen LogP contribution in [0.15, 0.2) is 47.6 Å². The second-order valence-electron chi connectivity index (χ2n) is 6.30. The van der Waals surface area contributed by atoms with E-state index in [4.69, 9.17) is 34.8 Å². The van der Waals surface area contributed by atoms with E-state index in [0.717, 1.165) is 0 Å². The van der Waals surface area contributed by atoms with E-state index >= 15 is 0 Å². The Morgan fingerprint density at radius 1 is 1.06 bits per heavy atom. The highest BCUT2D eigenvalue weighted by atomic mass is 35.5. The lowest BCUT2D eigenvalue weighted by molar-refractivity contribution is -0.113. The van der Waals surface area contributed by atoms with Crippen LogP contribution in [-0.4, -0.2) is 32.3 Å². The first-order valence-electron chi connectivity index (χ1n) is 9.21. The van der Waals surface area contributed by atoms with E-state index in [-0.39, 0.29) is 29.1 Å². The fourth-order valence-corrected chi connectivity index (χ4v) is 4.20. The molecule has 2 N–H and O–H groups in total. The van der Waals surface area contributed by atoms with Gasteiger partial charge in [-0.15, -0.1) is 10.2 Å². The van der Waals surface area contributed by atoms with E-state index < -0.39 is 0 Å². The number of aromatic nitrogens is 3. The number of rotatable bonds is 8. The van der Waals surface area contributed by atoms with E-state index in [1.165, 1.54) is 17.8 Å². The van der Waals surface area contributed by atoms with Crippen molar-refractivity contribution in [3.63, 3.8) is 0 Å². The molecule has 7 nitrogen and oxygen atoms in total. The van der Waals surface area contributed by atoms with Crippen molar-refractivity contribution in [1.82, 2.24) is 20.1 Å². The Morgan fingerprint density at radius 2 is 1.84 bits per heavy atom. The van der Waals surface area contributed by atoms with Crippen LogP contribution in [0.4, 0.5) is 5.69 Å². The van der Waals surface area contributed by atoms with Gasteiger partial charge in [0, 0.05) is 22.3 Å². The van der Waals surface area contributed by atoms with Gasteiger partial charge in [-0.3, -0.25) is 9.59 Å². The van der Waals surface area contributed by atoms with E-state index in [1.807, 2.05) is 11.5 Å². The molecule has 31 heavy (non-hydrogen) atoms. The first kappa shape index (κ1) is 23.4. The molecule has 3 rings (SSSR count). The monoisotopic (exact) mass is 497 g/mol. The van der Waals surface area contributed by atoms with Crippen LogP contribution in [-0.2, 0) is 17.9 Å². The second-order valence-corrected chi connectivity index (χ2v) is 8.52. The van der Waals surface area contributed by atoms with Crippen LogP contribution < -0.4 is 10.6 Å². The van der Waals surface area contributed by atoms with Crippen LogP contribution in [0.2, 0.25) is 15.1 Å². The molecule has 0 radical (unpaired) electrons. The summed E-state index contributed by atoms with van der Waals surface area (Å²) in [6.07, 6.45) is 0. The van der Waals surface area contributed by atoms with Gasteiger partial charge in [-0.1, -0.05) is 52.6 Å². The highest BCUT2D eigenvalue weighted by Gasteiger charge is 2.16. The zero-order valence-electron chi connectivity index (χ0n) is 16.4. The van der Waals surface area contributed by atoms with E-state index in [9.17, 15) is 9.59 Å². The standard InChI is InChI=1S/C20H18Cl3N5O2S/c1-2-28-17(10-24-19(30)15-7-6-13(22)9-16(15)23)26-27-20(28)31-11-18(29)25-14-5-3-4-12(21)8-14/h3-9H,2,10-11H2,1H3,(H,24,30)(H,25,29). The van der Waals surface area contributed by atoms with Crippen LogP contribution in [0.3, 0.4) is 0 Å². The molecular formula is C20H18Cl3N5O2S. The number of nitrogens with zero attached hydrogens (tertiary/aromatic N) is 3. The van der Waals surface area contributed by atoms with Crippen LogP contribution in [0.25, 0.3) is 0 Å². The third-order valence-corrected chi connectivity index (χ3v) is 5.88. The molecule has 0 aliphatic heterocycles. The summed E-state index contributed by atoms with van der Waals surface area (Å²) in [5.74, 6) is 0.184. The van der Waals surface area contributed by atoms with E-state index in [2.05, 4.69) is 20.8 Å². The number of halogens is 3. The molecule has 0 unspecified atom stereocenters. The average Bonchev–Trinajstić information content (AvgIpc) is 3.12. The summed E-state index contributed by atoms with van der Waals surface area (Å²) in [5, 5.41) is 15.7. The van der Waals surface area contributed by atoms with Crippen LogP contribution >= 0.6 is 46.6 Å². The molecule has 11 heteroatoms. The lowest BCUT2D eigenvalue weighted by Gasteiger charge is -2.09. The predicted molar refractivity (Wildman–Crippen MR) is 124 cm³/mol. The largest absolute Gasteiger partial charge is 0.345 e. The minimum Gasteiger partial charge on any atom is -0.345 e. The summed E-state index contributed by atoms with van der Waals surface area (Å²) in [5.41, 5.74) is 0.945. The Labute approximate surface area is 198 Å². The number of anilines is 1. The molecule has 0 saturated carbocycles. The van der Waals surface area contributed by atoms with Crippen molar-refractivity contribution in [2.75, 3.05) is 11.1 Å². The zero-order valence-corrected chi connectivity index (χ0v) is 19.4. The van der Waals surface area contributed by atoms with Gasteiger partial charge in [0.05, 0.1) is 22.9 Å². The number of carbonyl (C=O) groups is 2. The molecule has 2 amide bonds. The van der Waals surface area contributed by atoms with Crippen molar-refractivity contribution in [2.45, 2.75) is 25.2 Å². The third-order valence-electron chi connectivity index (χ3n) is 4.13. The lowest BCUT2D eigenvalue weighted by Crippen LogP contribution is -2.25. The molecule has 0 aliphatic rings. The number of hydrogen-bond acceptors (Lipinski definition) is 5. The number of thioether (sulfide) groups is 1. The average molecular weight is 499 g/mol. The van der Waals surface area contributed by atoms with Crippen LogP contribution in [0.1, 0.15) is 23.1 Å². The molecule has 0 saturated heterocycles. The topological polar surface area (TPSA) is 88.9 Å². The second kappa shape index (κ2) is 10.9. The number of carbonyl (C=O) groups excluding carboxylic acids is 2. The van der Waals surface area contributed by atoms with Crippen molar-refractivity contribution in [3.8, 4) is 0 Å². The van der Waals surface area contributed by atoms with Gasteiger partial charge in [-0.25, -0.2) is 0 Å². The molecule has 3 aromatic rings. The van der Waals surface area contributed by atoms with Gasteiger partial charge in [0.15, 0.2) is 11.0 Å². The summed E-state index contributed by atoms with van der Waals surface area (Å²) in [4.78, 5) is 24.6. The predicted octanol–water partition coefficient (Wildman–Crippen LogP) is 4.92. The van der Waals surface area contributed by atoms with Gasteiger partial charge in [0.2, 0.25) is 5.91 Å². The fraction of sp³-hybridized carbons (Fsp3) is 0.200. The number of hydrogen-bond donors (Lipinski definition) is 2. The molecule has 0 atom stereocenters. The van der Waals surface area contributed by atoms with Crippen molar-refractivity contribution in [2.24, 2.45) is 0 Å². The maximum absolute atomic E-state index is 12.4. The van der Waals surface area contributed by atoms with Gasteiger partial charge >= 0.3 is 0 Å². The number of benzene rings is 2. The summed E-state index contributed by atoms with van der Waals surface area (Å²) >= 11 is 19.1. The normalized spacial score (nSPS) is 10.7. The maximum Gasteiger partial charge on any atom is 0.253 e. The zero-order chi connectivity index (χ0) is 22.4. The summed E-state index contributed by atoms with van der Waals surface area (Å²) in [6.45, 7) is 2.67. The van der Waals surface area contributed by atoms with Gasteiger partial charge in [0.1, 0.15) is 0 Å². The highest BCUT2D eigenvalue weighted by Crippen LogP contribution is 2.22. The Balaban J connectivity index is 1.58. The molecule has 0 fully saturated rings. The summed E-state index contributed by atoms with van der Waals surface area (Å²) in [7, 11) is 0. The van der Waals surface area contributed by atoms with E-state index in [1.54, 1.807) is 36.4 Å². The van der Waals surface area contributed by atoms with Crippen LogP contribution in [0.5, 0.6) is 0 Å². The Hall–Kier alpha value is -2.26. The number of amides is 2. The lowest BCUT2D eigenvalue weighted by atomic mass is 10.2. The van der Waals surface area contributed by atoms with Crippen molar-refractivity contribution >= 4 is 64.1 Å². The van der Waals surface area contributed by atoms with Crippen molar-refractivity contribution in [1.29, 1.82) is 0 Å². The first-order valence-corrected chi connectivity index (χ1v) is 11.3. The Morgan fingerprint density at radius 3 is 2.55 bits per heavy atom. The van der Waals surface area contributed by atoms with Gasteiger partial charge in [-0.05, 0) is 43.3 Å². The molecule has 2 aromatic carbocycles. The van der Waals surface area contributed by atoms with Crippen molar-refractivity contribution in [3.05, 3.63) is 68.9 Å². The van der Waals surface area contributed by atoms with Crippen molar-refractivity contribution < 1.29 is 9.59 Å². The number of nitrogens with one attached hydrogen (secondary N) is 2. The summed E-state index contributed by atoms with van der Waals surface area (Å²) < 4.78 is 1.83. The van der Waals surface area contributed by atoms with Gasteiger partial charge in [-0.2, -0.15) is 0 Å². The highest BCUT2D eigenvalue weighted by molar-refractivity contribution is 7.99. The molecule has 0 bridgehead atoms. The third kappa shape index (κ3) is 6.36. The molecular weight excluding hydrogens is 481 g/mol. The summed E-state index contributed by atoms with van der Waals surface area (Å²) in [6, 6.07) is 11.6. The van der Waals surface area contributed by atoms with Crippen LogP contribution in [0, 0.1) is 0 Å². The molecule has 162 valence electrons. The smallest absolute Gasteiger partial charge is 0.253 e. The van der Waals surface area contributed by atoms with Gasteiger partial charge < -0.3 is 15.2 Å². The molecule has 0 spiro atoms. The maximum atomic E-state index is 12.4. The SMILES string of the molecule is CCn1c(CNC(=O)c2ccc(Cl)cc2Cl)nnc1SCC(=O)Nc1cccc(Cl)c1. The Kier molecular flexibility index (Phi) is 8.20. The quantitative estimate of drug-likeness (QED) is 0.430. The Bertz CT molecular complexity index is 1110. The first-order chi connectivity index (χ1) is 14.9. The van der Waals surface area contributed by atoms with Gasteiger partial charge in [0.25, 0.3) is 5.91 Å². The fourth-order valence-electron chi connectivity index (χ4n) is 2.70. The molecule has 1 aromatic heterocycles. The minimum absolute atomic E-state index is 0.150. The molecule has 0 aliphatic carbocycles.